The van der Waals surface area contributed by atoms with Crippen molar-refractivity contribution in [1.82, 2.24) is 9.88 Å². The van der Waals surface area contributed by atoms with Gasteiger partial charge in [0, 0.05) is 22.0 Å². The normalized spacial score (nSPS) is 41.0. The van der Waals surface area contributed by atoms with E-state index in [0.29, 0.717) is 16.2 Å². The molecular formula is C15H14Br2N2O2. The first-order valence-corrected chi connectivity index (χ1v) is 8.95. The number of rotatable bonds is 2. The summed E-state index contributed by atoms with van der Waals surface area (Å²) in [5.74, 6) is 0.310. The number of hydrogen-bond donors (Lipinski definition) is 0. The monoisotopic (exact) mass is 412 g/mol. The first-order chi connectivity index (χ1) is 10.1. The number of likely N-dealkylation sites (tertiary alicyclic amines) is 1. The van der Waals surface area contributed by atoms with Gasteiger partial charge in [0.25, 0.3) is 0 Å². The maximum atomic E-state index is 12.7. The van der Waals surface area contributed by atoms with Crippen LogP contribution in [-0.4, -0.2) is 31.4 Å². The van der Waals surface area contributed by atoms with Gasteiger partial charge in [-0.05, 0) is 29.9 Å². The molecule has 3 fully saturated rings. The summed E-state index contributed by atoms with van der Waals surface area (Å²) >= 11 is 7.38. The van der Waals surface area contributed by atoms with Crippen molar-refractivity contribution in [2.24, 2.45) is 23.7 Å². The van der Waals surface area contributed by atoms with E-state index in [9.17, 15) is 9.59 Å². The fourth-order valence-electron chi connectivity index (χ4n) is 4.24. The van der Waals surface area contributed by atoms with Crippen molar-refractivity contribution in [3.63, 3.8) is 0 Å². The molecular weight excluding hydrogens is 400 g/mol. The summed E-state index contributed by atoms with van der Waals surface area (Å²) in [5, 5.41) is 0. The van der Waals surface area contributed by atoms with E-state index in [0.717, 1.165) is 12.0 Å². The van der Waals surface area contributed by atoms with E-state index >= 15 is 0 Å². The SMILES string of the molecule is O=C1[C@@H]2[C@H]3C[C@H]([C@H](Br)[C@@H]3Br)[C@@H]2C(=O)N1Cc1cccnc1. The Morgan fingerprint density at radius 2 is 1.76 bits per heavy atom. The maximum Gasteiger partial charge on any atom is 0.233 e. The molecule has 1 aliphatic heterocycles. The minimum atomic E-state index is -0.127. The minimum Gasteiger partial charge on any atom is -0.278 e. The Balaban J connectivity index is 1.62. The Kier molecular flexibility index (Phi) is 3.23. The van der Waals surface area contributed by atoms with Crippen LogP contribution in [0.2, 0.25) is 0 Å². The Morgan fingerprint density at radius 3 is 2.29 bits per heavy atom. The van der Waals surface area contributed by atoms with Crippen LogP contribution in [0, 0.1) is 23.7 Å². The van der Waals surface area contributed by atoms with Crippen LogP contribution in [0.5, 0.6) is 0 Å². The highest BCUT2D eigenvalue weighted by atomic mass is 79.9. The summed E-state index contributed by atoms with van der Waals surface area (Å²) in [6, 6.07) is 3.73. The summed E-state index contributed by atoms with van der Waals surface area (Å²) in [5.41, 5.74) is 0.900. The number of amides is 2. The van der Waals surface area contributed by atoms with Crippen LogP contribution < -0.4 is 0 Å². The number of nitrogens with zero attached hydrogens (tertiary/aromatic N) is 2. The Morgan fingerprint density at radius 1 is 1.14 bits per heavy atom. The molecule has 2 aliphatic carbocycles. The van der Waals surface area contributed by atoms with Crippen molar-refractivity contribution in [2.45, 2.75) is 22.6 Å². The Labute approximate surface area is 139 Å². The molecule has 1 saturated heterocycles. The fourth-order valence-corrected chi connectivity index (χ4v) is 6.11. The molecule has 4 rings (SSSR count). The first kappa shape index (κ1) is 13.9. The van der Waals surface area contributed by atoms with Crippen LogP contribution in [0.1, 0.15) is 12.0 Å². The number of alkyl halides is 2. The molecule has 1 aromatic rings. The van der Waals surface area contributed by atoms with E-state index in [2.05, 4.69) is 36.8 Å². The van der Waals surface area contributed by atoms with Crippen molar-refractivity contribution < 1.29 is 9.59 Å². The molecule has 0 unspecified atom stereocenters. The molecule has 2 heterocycles. The van der Waals surface area contributed by atoms with Gasteiger partial charge in [0.1, 0.15) is 0 Å². The summed E-state index contributed by atoms with van der Waals surface area (Å²) in [6.45, 7) is 0.345. The zero-order chi connectivity index (χ0) is 14.7. The Hall–Kier alpha value is -0.750. The largest absolute Gasteiger partial charge is 0.278 e. The third-order valence-corrected chi connectivity index (χ3v) is 8.35. The lowest BCUT2D eigenvalue weighted by atomic mass is 9.81. The third kappa shape index (κ3) is 1.88. The predicted molar refractivity (Wildman–Crippen MR) is 83.8 cm³/mol. The van der Waals surface area contributed by atoms with Gasteiger partial charge in [-0.2, -0.15) is 0 Å². The van der Waals surface area contributed by atoms with Gasteiger partial charge < -0.3 is 0 Å². The Bertz CT molecular complexity index is 577. The standard InChI is InChI=1S/C15H14Br2N2O2/c16-12-8-4-9(13(12)17)11-10(8)14(20)19(15(11)21)6-7-2-1-3-18-5-7/h1-3,5,8-13H,4,6H2/t8-,9+,10-,11+,12-,13+. The van der Waals surface area contributed by atoms with Gasteiger partial charge in [0.05, 0.1) is 18.4 Å². The number of hydrogen-bond acceptors (Lipinski definition) is 3. The molecule has 2 bridgehead atoms. The lowest BCUT2D eigenvalue weighted by molar-refractivity contribution is -0.141. The molecule has 4 nitrogen and oxygen atoms in total. The van der Waals surface area contributed by atoms with Crippen LogP contribution in [0.3, 0.4) is 0 Å². The summed E-state index contributed by atoms with van der Waals surface area (Å²) in [4.78, 5) is 31.5. The van der Waals surface area contributed by atoms with E-state index < -0.39 is 0 Å². The van der Waals surface area contributed by atoms with Gasteiger partial charge in [0.15, 0.2) is 0 Å². The number of pyridine rings is 1. The van der Waals surface area contributed by atoms with E-state index in [1.165, 1.54) is 4.90 Å². The molecule has 0 aromatic carbocycles. The summed E-state index contributed by atoms with van der Waals surface area (Å²) in [6.07, 6.45) is 4.38. The van der Waals surface area contributed by atoms with Crippen LogP contribution in [0.25, 0.3) is 0 Å². The molecule has 110 valence electrons. The number of carbonyl (C=O) groups is 2. The summed E-state index contributed by atoms with van der Waals surface area (Å²) in [7, 11) is 0. The van der Waals surface area contributed by atoms with E-state index in [4.69, 9.17) is 0 Å². The van der Waals surface area contributed by atoms with Crippen molar-refractivity contribution >= 4 is 43.7 Å². The van der Waals surface area contributed by atoms with Crippen molar-refractivity contribution in [3.05, 3.63) is 30.1 Å². The second-order valence-corrected chi connectivity index (χ2v) is 8.24. The number of aromatic nitrogens is 1. The van der Waals surface area contributed by atoms with Gasteiger partial charge in [-0.3, -0.25) is 19.5 Å². The smallest absolute Gasteiger partial charge is 0.233 e. The molecule has 1 aromatic heterocycles. The second-order valence-electron chi connectivity index (χ2n) is 6.13. The molecule has 6 atom stereocenters. The third-order valence-electron chi connectivity index (χ3n) is 5.14. The molecule has 2 saturated carbocycles. The molecule has 6 heteroatoms. The maximum absolute atomic E-state index is 12.7. The van der Waals surface area contributed by atoms with Gasteiger partial charge in [-0.1, -0.05) is 37.9 Å². The molecule has 0 radical (unpaired) electrons. The van der Waals surface area contributed by atoms with Crippen LogP contribution in [-0.2, 0) is 16.1 Å². The fraction of sp³-hybridized carbons (Fsp3) is 0.533. The van der Waals surface area contributed by atoms with Crippen LogP contribution >= 0.6 is 31.9 Å². The molecule has 0 spiro atoms. The predicted octanol–water partition coefficient (Wildman–Crippen LogP) is 2.36. The number of imide groups is 1. The average Bonchev–Trinajstić information content (AvgIpc) is 3.09. The zero-order valence-electron chi connectivity index (χ0n) is 11.2. The average molecular weight is 414 g/mol. The first-order valence-electron chi connectivity index (χ1n) is 7.12. The second kappa shape index (κ2) is 4.88. The number of halogens is 2. The molecule has 3 aliphatic rings. The zero-order valence-corrected chi connectivity index (χ0v) is 14.3. The van der Waals surface area contributed by atoms with Crippen molar-refractivity contribution in [3.8, 4) is 0 Å². The molecule has 2 amide bonds. The van der Waals surface area contributed by atoms with E-state index in [-0.39, 0.29) is 35.5 Å². The van der Waals surface area contributed by atoms with Crippen molar-refractivity contribution in [2.75, 3.05) is 0 Å². The van der Waals surface area contributed by atoms with Gasteiger partial charge in [-0.25, -0.2) is 0 Å². The lowest BCUT2D eigenvalue weighted by Crippen LogP contribution is -2.37. The van der Waals surface area contributed by atoms with Gasteiger partial charge in [-0.15, -0.1) is 0 Å². The van der Waals surface area contributed by atoms with Crippen molar-refractivity contribution in [1.29, 1.82) is 0 Å². The highest BCUT2D eigenvalue weighted by Crippen LogP contribution is 2.60. The lowest BCUT2D eigenvalue weighted by Gasteiger charge is -2.28. The van der Waals surface area contributed by atoms with E-state index in [1.54, 1.807) is 12.4 Å². The summed E-state index contributed by atoms with van der Waals surface area (Å²) < 4.78 is 0. The van der Waals surface area contributed by atoms with Gasteiger partial charge >= 0.3 is 0 Å². The highest BCUT2D eigenvalue weighted by molar-refractivity contribution is 9.12. The van der Waals surface area contributed by atoms with E-state index in [1.807, 2.05) is 12.1 Å². The number of fused-ring (bicyclic) bond motifs is 5. The molecule has 0 N–H and O–H groups in total. The highest BCUT2D eigenvalue weighted by Gasteiger charge is 2.66. The van der Waals surface area contributed by atoms with Crippen LogP contribution in [0.4, 0.5) is 0 Å². The van der Waals surface area contributed by atoms with Gasteiger partial charge in [0.2, 0.25) is 11.8 Å². The molecule has 21 heavy (non-hydrogen) atoms. The van der Waals surface area contributed by atoms with Crippen LogP contribution in [0.15, 0.2) is 24.5 Å². The topological polar surface area (TPSA) is 50.3 Å². The number of carbonyl (C=O) groups excluding carboxylic acids is 2. The quantitative estimate of drug-likeness (QED) is 0.552. The minimum absolute atomic E-state index is 0.00482.